The first-order chi connectivity index (χ1) is 8.75. The van der Waals surface area contributed by atoms with E-state index in [9.17, 15) is 4.79 Å². The van der Waals surface area contributed by atoms with Gasteiger partial charge in [-0.25, -0.2) is 4.79 Å². The van der Waals surface area contributed by atoms with Crippen LogP contribution in [0.2, 0.25) is 0 Å². The second-order valence-corrected chi connectivity index (χ2v) is 3.46. The normalized spacial score (nSPS) is 11.9. The molecule has 0 amide bonds. The van der Waals surface area contributed by atoms with Crippen LogP contribution < -0.4 is 0 Å². The fraction of sp³-hybridized carbons (Fsp3) is 0.214. The van der Waals surface area contributed by atoms with Crippen molar-refractivity contribution < 1.29 is 19.4 Å². The average molecular weight is 248 g/mol. The van der Waals surface area contributed by atoms with Crippen molar-refractivity contribution in [3.8, 4) is 0 Å². The molecule has 1 rings (SSSR count). The fourth-order valence-electron chi connectivity index (χ4n) is 1.33. The Kier molecular flexibility index (Phi) is 6.46. The van der Waals surface area contributed by atoms with Crippen LogP contribution in [0.1, 0.15) is 5.56 Å². The van der Waals surface area contributed by atoms with E-state index in [0.29, 0.717) is 12.2 Å². The second kappa shape index (κ2) is 8.22. The summed E-state index contributed by atoms with van der Waals surface area (Å²) in [6, 6.07) is 8.97. The third-order valence-electron chi connectivity index (χ3n) is 2.13. The number of allylic oxidation sites excluding steroid dienone is 2. The topological polar surface area (TPSA) is 55.8 Å². The monoisotopic (exact) mass is 248 g/mol. The van der Waals surface area contributed by atoms with Gasteiger partial charge in [0.1, 0.15) is 6.79 Å². The van der Waals surface area contributed by atoms with Crippen LogP contribution in [-0.4, -0.2) is 31.6 Å². The van der Waals surface area contributed by atoms with Gasteiger partial charge in [-0.05, 0) is 11.6 Å². The minimum absolute atomic E-state index is 0.221. The maximum Gasteiger partial charge on any atom is 0.336 e. The summed E-state index contributed by atoms with van der Waals surface area (Å²) in [6.07, 6.45) is 4.94. The molecule has 1 aromatic carbocycles. The highest BCUT2D eigenvalue weighted by Crippen LogP contribution is 2.14. The summed E-state index contributed by atoms with van der Waals surface area (Å²) in [6.45, 7) is 0.602. The van der Waals surface area contributed by atoms with Crippen molar-refractivity contribution in [2.75, 3.05) is 20.5 Å². The zero-order valence-electron chi connectivity index (χ0n) is 10.2. The summed E-state index contributed by atoms with van der Waals surface area (Å²) >= 11 is 0. The summed E-state index contributed by atoms with van der Waals surface area (Å²) in [7, 11) is 1.54. The van der Waals surface area contributed by atoms with Gasteiger partial charge in [0.25, 0.3) is 0 Å². The Morgan fingerprint density at radius 2 is 2.06 bits per heavy atom. The quantitative estimate of drug-likeness (QED) is 0.348. The molecule has 18 heavy (non-hydrogen) atoms. The first-order valence-corrected chi connectivity index (χ1v) is 5.48. The van der Waals surface area contributed by atoms with E-state index in [0.717, 1.165) is 0 Å². The van der Waals surface area contributed by atoms with Crippen molar-refractivity contribution >= 4 is 11.5 Å². The zero-order chi connectivity index (χ0) is 13.2. The third kappa shape index (κ3) is 4.95. The number of methoxy groups -OCH3 is 1. The molecular weight excluding hydrogens is 232 g/mol. The van der Waals surface area contributed by atoms with Crippen LogP contribution in [0.3, 0.4) is 0 Å². The lowest BCUT2D eigenvalue weighted by molar-refractivity contribution is -0.130. The number of carbonyl (C=O) groups is 1. The number of carboxylic acids is 1. The summed E-state index contributed by atoms with van der Waals surface area (Å²) in [5.41, 5.74) is 0.922. The van der Waals surface area contributed by atoms with Crippen molar-refractivity contribution in [2.45, 2.75) is 0 Å². The standard InChI is InChI=1S/C14H16O4/c1-17-11-18-10-6-5-9-13(14(15)16)12-7-3-2-4-8-12/h2-9H,10-11H2,1H3,(H,15,16). The highest BCUT2D eigenvalue weighted by Gasteiger charge is 2.07. The third-order valence-corrected chi connectivity index (χ3v) is 2.13. The van der Waals surface area contributed by atoms with Gasteiger partial charge in [0.05, 0.1) is 12.2 Å². The first kappa shape index (κ1) is 14.2. The molecule has 4 heteroatoms. The Balaban J connectivity index is 2.66. The van der Waals surface area contributed by atoms with Crippen LogP contribution >= 0.6 is 0 Å². The number of ether oxygens (including phenoxy) is 2. The number of benzene rings is 1. The zero-order valence-corrected chi connectivity index (χ0v) is 10.2. The molecule has 4 nitrogen and oxygen atoms in total. The molecule has 0 spiro atoms. The number of rotatable bonds is 7. The van der Waals surface area contributed by atoms with Crippen LogP contribution in [0.5, 0.6) is 0 Å². The number of hydrogen-bond donors (Lipinski definition) is 1. The molecule has 0 aliphatic heterocycles. The smallest absolute Gasteiger partial charge is 0.336 e. The van der Waals surface area contributed by atoms with Gasteiger partial charge in [0.2, 0.25) is 0 Å². The Labute approximate surface area is 106 Å². The molecule has 0 unspecified atom stereocenters. The predicted molar refractivity (Wildman–Crippen MR) is 69.0 cm³/mol. The van der Waals surface area contributed by atoms with Gasteiger partial charge in [0.15, 0.2) is 0 Å². The van der Waals surface area contributed by atoms with Gasteiger partial charge in [0, 0.05) is 7.11 Å². The van der Waals surface area contributed by atoms with Crippen LogP contribution in [0.15, 0.2) is 48.6 Å². The molecule has 1 N–H and O–H groups in total. The average Bonchev–Trinajstić information content (AvgIpc) is 2.38. The van der Waals surface area contributed by atoms with Gasteiger partial charge in [-0.15, -0.1) is 0 Å². The molecule has 0 fully saturated rings. The van der Waals surface area contributed by atoms with Crippen LogP contribution in [0.4, 0.5) is 0 Å². The molecule has 0 aliphatic carbocycles. The highest BCUT2D eigenvalue weighted by molar-refractivity contribution is 6.15. The van der Waals surface area contributed by atoms with Gasteiger partial charge in [-0.3, -0.25) is 0 Å². The largest absolute Gasteiger partial charge is 0.478 e. The lowest BCUT2D eigenvalue weighted by atomic mass is 10.1. The summed E-state index contributed by atoms with van der Waals surface area (Å²) in [5.74, 6) is -0.955. The minimum atomic E-state index is -0.955. The molecule has 1 aromatic rings. The van der Waals surface area contributed by atoms with Crippen LogP contribution in [0, 0.1) is 0 Å². The number of aliphatic carboxylic acids is 1. The lowest BCUT2D eigenvalue weighted by Gasteiger charge is -2.00. The summed E-state index contributed by atoms with van der Waals surface area (Å²) in [5, 5.41) is 9.11. The predicted octanol–water partition coefficient (Wildman–Crippen LogP) is 2.33. The van der Waals surface area contributed by atoms with Gasteiger partial charge in [-0.2, -0.15) is 0 Å². The van der Waals surface area contributed by atoms with Crippen molar-refractivity contribution in [1.29, 1.82) is 0 Å². The molecule has 0 heterocycles. The number of carboxylic acid groups (broad SMARTS) is 1. The molecule has 0 radical (unpaired) electrons. The second-order valence-electron chi connectivity index (χ2n) is 3.46. The Morgan fingerprint density at radius 1 is 1.33 bits per heavy atom. The van der Waals surface area contributed by atoms with E-state index in [1.165, 1.54) is 0 Å². The van der Waals surface area contributed by atoms with E-state index in [1.54, 1.807) is 49.6 Å². The number of hydrogen-bond acceptors (Lipinski definition) is 3. The van der Waals surface area contributed by atoms with Crippen molar-refractivity contribution in [3.63, 3.8) is 0 Å². The summed E-state index contributed by atoms with van der Waals surface area (Å²) in [4.78, 5) is 11.1. The maximum absolute atomic E-state index is 11.1. The van der Waals surface area contributed by atoms with E-state index < -0.39 is 5.97 Å². The van der Waals surface area contributed by atoms with Crippen molar-refractivity contribution in [2.24, 2.45) is 0 Å². The molecule has 96 valence electrons. The molecule has 0 atom stereocenters. The van der Waals surface area contributed by atoms with Crippen molar-refractivity contribution in [3.05, 3.63) is 54.1 Å². The van der Waals surface area contributed by atoms with E-state index in [4.69, 9.17) is 14.6 Å². The van der Waals surface area contributed by atoms with Gasteiger partial charge in [-0.1, -0.05) is 42.5 Å². The molecule has 0 saturated heterocycles. The molecular formula is C14H16O4. The Morgan fingerprint density at radius 3 is 2.67 bits per heavy atom. The van der Waals surface area contributed by atoms with E-state index in [2.05, 4.69) is 0 Å². The fourth-order valence-corrected chi connectivity index (χ4v) is 1.33. The minimum Gasteiger partial charge on any atom is -0.478 e. The molecule has 0 bridgehead atoms. The molecule has 0 aliphatic rings. The SMILES string of the molecule is COCOCC=CC=C(C(=O)O)c1ccccc1. The molecule has 0 saturated carbocycles. The van der Waals surface area contributed by atoms with Crippen LogP contribution in [0.25, 0.3) is 5.57 Å². The van der Waals surface area contributed by atoms with Crippen LogP contribution in [-0.2, 0) is 14.3 Å². The Bertz CT molecular complexity index is 421. The van der Waals surface area contributed by atoms with E-state index in [-0.39, 0.29) is 12.4 Å². The first-order valence-electron chi connectivity index (χ1n) is 5.48. The lowest BCUT2D eigenvalue weighted by Crippen LogP contribution is -1.99. The van der Waals surface area contributed by atoms with Crippen molar-refractivity contribution in [1.82, 2.24) is 0 Å². The maximum atomic E-state index is 11.1. The van der Waals surface area contributed by atoms with Gasteiger partial charge < -0.3 is 14.6 Å². The van der Waals surface area contributed by atoms with E-state index in [1.807, 2.05) is 6.07 Å². The summed E-state index contributed by atoms with van der Waals surface area (Å²) < 4.78 is 9.76. The Hall–Kier alpha value is -1.91. The highest BCUT2D eigenvalue weighted by atomic mass is 16.7. The van der Waals surface area contributed by atoms with E-state index >= 15 is 0 Å². The molecule has 0 aromatic heterocycles. The van der Waals surface area contributed by atoms with Gasteiger partial charge >= 0.3 is 5.97 Å².